The van der Waals surface area contributed by atoms with E-state index in [0.29, 0.717) is 27.6 Å². The quantitative estimate of drug-likeness (QED) is 0.181. The summed E-state index contributed by atoms with van der Waals surface area (Å²) < 4.78 is 81.2. The van der Waals surface area contributed by atoms with Crippen molar-refractivity contribution >= 4 is 22.8 Å². The summed E-state index contributed by atoms with van der Waals surface area (Å²) in [6.07, 6.45) is -7.41. The van der Waals surface area contributed by atoms with Crippen molar-refractivity contribution in [2.45, 2.75) is 31.9 Å². The average Bonchev–Trinajstić information content (AvgIpc) is 3.38. The van der Waals surface area contributed by atoms with Crippen molar-refractivity contribution in [1.82, 2.24) is 9.88 Å². The number of carboxylic acid groups (broad SMARTS) is 1. The number of halogens is 6. The molecule has 0 saturated carbocycles. The topological polar surface area (TPSA) is 71.3 Å². The van der Waals surface area contributed by atoms with Crippen molar-refractivity contribution in [3.8, 4) is 11.1 Å². The molecule has 0 fully saturated rings. The molecule has 0 aliphatic rings. The van der Waals surface area contributed by atoms with E-state index in [1.165, 1.54) is 42.5 Å². The molecule has 5 nitrogen and oxygen atoms in total. The maximum atomic E-state index is 13.8. The van der Waals surface area contributed by atoms with E-state index in [9.17, 15) is 35.9 Å². The van der Waals surface area contributed by atoms with Gasteiger partial charge in [-0.05, 0) is 83.8 Å². The zero-order chi connectivity index (χ0) is 31.8. The standard InChI is InChI=1S/C33H24F6N2O3/c1-19(21-7-9-22(10-8-21)31(43)44)40-30(42)28-17-25(23-3-2-4-27(16-23)33(37,38)39)15-24-13-14-41(29(24)28)18-20-5-11-26(12-6-20)32(34,35)36/h2-17,19H,18H2,1H3,(H,40,42)(H,43,44)/t19-/m1/s1. The zero-order valence-corrected chi connectivity index (χ0v) is 23.0. The monoisotopic (exact) mass is 610 g/mol. The average molecular weight is 611 g/mol. The van der Waals surface area contributed by atoms with E-state index in [-0.39, 0.29) is 23.2 Å². The highest BCUT2D eigenvalue weighted by atomic mass is 19.4. The zero-order valence-electron chi connectivity index (χ0n) is 23.0. The second-order valence-electron chi connectivity index (χ2n) is 10.3. The fraction of sp³-hybridized carbons (Fsp3) is 0.152. The first-order chi connectivity index (χ1) is 20.7. The van der Waals surface area contributed by atoms with E-state index in [0.717, 1.165) is 24.3 Å². The molecule has 1 atom stereocenters. The number of fused-ring (bicyclic) bond motifs is 1. The Morgan fingerprint density at radius 1 is 0.795 bits per heavy atom. The molecule has 1 heterocycles. The number of hydrogen-bond donors (Lipinski definition) is 2. The van der Waals surface area contributed by atoms with Gasteiger partial charge in [-0.15, -0.1) is 0 Å². The molecule has 2 N–H and O–H groups in total. The van der Waals surface area contributed by atoms with Crippen LogP contribution in [0.3, 0.4) is 0 Å². The molecular formula is C33H24F6N2O3. The van der Waals surface area contributed by atoms with Crippen LogP contribution in [0.1, 0.15) is 55.9 Å². The number of aromatic carboxylic acids is 1. The SMILES string of the molecule is C[C@@H](NC(=O)c1cc(-c2cccc(C(F)(F)F)c2)cc2ccn(Cc3ccc(C(F)(F)F)cc3)c12)c1ccc(C(=O)O)cc1. The summed E-state index contributed by atoms with van der Waals surface area (Å²) in [5, 5.41) is 12.6. The van der Waals surface area contributed by atoms with Crippen molar-refractivity contribution in [3.63, 3.8) is 0 Å². The highest BCUT2D eigenvalue weighted by molar-refractivity contribution is 6.08. The minimum Gasteiger partial charge on any atom is -0.478 e. The molecule has 0 spiro atoms. The molecule has 5 rings (SSSR count). The third-order valence-electron chi connectivity index (χ3n) is 7.27. The third kappa shape index (κ3) is 6.46. The van der Waals surface area contributed by atoms with Crippen molar-refractivity contribution in [1.29, 1.82) is 0 Å². The van der Waals surface area contributed by atoms with Crippen LogP contribution in [0.4, 0.5) is 26.3 Å². The van der Waals surface area contributed by atoms with Crippen molar-refractivity contribution in [3.05, 3.63) is 131 Å². The van der Waals surface area contributed by atoms with Crippen LogP contribution in [-0.4, -0.2) is 21.6 Å². The molecule has 0 aliphatic carbocycles. The molecule has 5 aromatic rings. The summed E-state index contributed by atoms with van der Waals surface area (Å²) in [6.45, 7) is 1.82. The van der Waals surface area contributed by atoms with Crippen LogP contribution in [-0.2, 0) is 18.9 Å². The van der Waals surface area contributed by atoms with Crippen molar-refractivity contribution < 1.29 is 41.0 Å². The summed E-state index contributed by atoms with van der Waals surface area (Å²) in [5.41, 5.74) is 0.762. The van der Waals surface area contributed by atoms with Gasteiger partial charge in [0.1, 0.15) is 0 Å². The lowest BCUT2D eigenvalue weighted by molar-refractivity contribution is -0.138. The summed E-state index contributed by atoms with van der Waals surface area (Å²) in [4.78, 5) is 25.0. The Labute approximate surface area is 247 Å². The predicted molar refractivity (Wildman–Crippen MR) is 152 cm³/mol. The number of alkyl halides is 6. The fourth-order valence-corrected chi connectivity index (χ4v) is 4.96. The molecule has 0 unspecified atom stereocenters. The summed E-state index contributed by atoms with van der Waals surface area (Å²) in [6, 6.07) is 19.5. The van der Waals surface area contributed by atoms with E-state index in [2.05, 4.69) is 5.32 Å². The van der Waals surface area contributed by atoms with Gasteiger partial charge in [-0.3, -0.25) is 4.79 Å². The first-order valence-electron chi connectivity index (χ1n) is 13.3. The van der Waals surface area contributed by atoms with Gasteiger partial charge in [-0.1, -0.05) is 36.4 Å². The van der Waals surface area contributed by atoms with Crippen LogP contribution in [0.2, 0.25) is 0 Å². The number of carbonyl (C=O) groups is 2. The second kappa shape index (κ2) is 11.6. The molecule has 0 radical (unpaired) electrons. The summed E-state index contributed by atoms with van der Waals surface area (Å²) in [7, 11) is 0. The Morgan fingerprint density at radius 3 is 2.07 bits per heavy atom. The molecule has 44 heavy (non-hydrogen) atoms. The molecule has 11 heteroatoms. The summed E-state index contributed by atoms with van der Waals surface area (Å²) >= 11 is 0. The number of rotatable bonds is 7. The van der Waals surface area contributed by atoms with Gasteiger partial charge in [0.25, 0.3) is 5.91 Å². The van der Waals surface area contributed by atoms with E-state index in [1.54, 1.807) is 42.0 Å². The van der Waals surface area contributed by atoms with Crippen LogP contribution < -0.4 is 5.32 Å². The van der Waals surface area contributed by atoms with Gasteiger partial charge < -0.3 is 15.0 Å². The van der Waals surface area contributed by atoms with E-state index in [4.69, 9.17) is 5.11 Å². The van der Waals surface area contributed by atoms with Gasteiger partial charge in [0.15, 0.2) is 0 Å². The number of carbonyl (C=O) groups excluding carboxylic acids is 1. The number of aromatic nitrogens is 1. The van der Waals surface area contributed by atoms with Gasteiger partial charge >= 0.3 is 18.3 Å². The minimum atomic E-state index is -4.57. The van der Waals surface area contributed by atoms with Crippen LogP contribution in [0.5, 0.6) is 0 Å². The van der Waals surface area contributed by atoms with Crippen LogP contribution in [0.15, 0.2) is 97.2 Å². The number of hydrogen-bond acceptors (Lipinski definition) is 2. The van der Waals surface area contributed by atoms with Gasteiger partial charge in [-0.25, -0.2) is 4.79 Å². The number of benzene rings is 4. The van der Waals surface area contributed by atoms with Gasteiger partial charge in [0, 0.05) is 18.1 Å². The Morgan fingerprint density at radius 2 is 1.45 bits per heavy atom. The van der Waals surface area contributed by atoms with Crippen LogP contribution in [0, 0.1) is 0 Å². The fourth-order valence-electron chi connectivity index (χ4n) is 4.96. The Hall–Kier alpha value is -5.06. The smallest absolute Gasteiger partial charge is 0.416 e. The lowest BCUT2D eigenvalue weighted by atomic mass is 9.98. The third-order valence-corrected chi connectivity index (χ3v) is 7.27. The lowest BCUT2D eigenvalue weighted by Gasteiger charge is -2.17. The summed E-state index contributed by atoms with van der Waals surface area (Å²) in [5.74, 6) is -1.65. The number of nitrogens with zero attached hydrogens (tertiary/aromatic N) is 1. The first-order valence-corrected chi connectivity index (χ1v) is 13.3. The largest absolute Gasteiger partial charge is 0.478 e. The molecule has 0 aliphatic heterocycles. The normalized spacial score (nSPS) is 12.7. The van der Waals surface area contributed by atoms with Crippen molar-refractivity contribution in [2.24, 2.45) is 0 Å². The Balaban J connectivity index is 1.56. The van der Waals surface area contributed by atoms with Gasteiger partial charge in [0.05, 0.1) is 33.8 Å². The first kappa shape index (κ1) is 30.4. The number of amides is 1. The predicted octanol–water partition coefficient (Wildman–Crippen LogP) is 8.58. The molecule has 0 saturated heterocycles. The molecule has 4 aromatic carbocycles. The van der Waals surface area contributed by atoms with Crippen LogP contribution >= 0.6 is 0 Å². The maximum Gasteiger partial charge on any atom is 0.416 e. The van der Waals surface area contributed by atoms with E-state index < -0.39 is 41.4 Å². The maximum absolute atomic E-state index is 13.8. The highest BCUT2D eigenvalue weighted by Gasteiger charge is 2.31. The molecule has 1 aromatic heterocycles. The van der Waals surface area contributed by atoms with E-state index >= 15 is 0 Å². The highest BCUT2D eigenvalue weighted by Crippen LogP contribution is 2.35. The van der Waals surface area contributed by atoms with Gasteiger partial charge in [-0.2, -0.15) is 26.3 Å². The van der Waals surface area contributed by atoms with E-state index in [1.807, 2.05) is 0 Å². The lowest BCUT2D eigenvalue weighted by Crippen LogP contribution is -2.27. The van der Waals surface area contributed by atoms with Crippen molar-refractivity contribution in [2.75, 3.05) is 0 Å². The van der Waals surface area contributed by atoms with Crippen LogP contribution in [0.25, 0.3) is 22.0 Å². The number of nitrogens with one attached hydrogen (secondary N) is 1. The molecule has 0 bridgehead atoms. The molecule has 1 amide bonds. The van der Waals surface area contributed by atoms with Gasteiger partial charge in [0.2, 0.25) is 0 Å². The number of carboxylic acids is 1. The minimum absolute atomic E-state index is 0.0730. The molecular weight excluding hydrogens is 586 g/mol. The Bertz CT molecular complexity index is 1840. The molecule has 226 valence electrons. The second-order valence-corrected chi connectivity index (χ2v) is 10.3. The Kier molecular flexibility index (Phi) is 7.98.